The summed E-state index contributed by atoms with van der Waals surface area (Å²) in [5.41, 5.74) is 0.583. The van der Waals surface area contributed by atoms with E-state index in [1.165, 1.54) is 4.90 Å². The van der Waals surface area contributed by atoms with Crippen molar-refractivity contribution in [2.24, 2.45) is 35.5 Å². The van der Waals surface area contributed by atoms with Gasteiger partial charge in [0.15, 0.2) is 0 Å². The molecule has 3 fully saturated rings. The van der Waals surface area contributed by atoms with Crippen LogP contribution in [0.4, 0.5) is 5.69 Å². The smallest absolute Gasteiger partial charge is 0.233 e. The predicted octanol–water partition coefficient (Wildman–Crippen LogP) is 2.08. The van der Waals surface area contributed by atoms with Gasteiger partial charge in [0, 0.05) is 13.0 Å². The van der Waals surface area contributed by atoms with Crippen molar-refractivity contribution in [3.63, 3.8) is 0 Å². The second-order valence-electron chi connectivity index (χ2n) is 7.98. The van der Waals surface area contributed by atoms with Gasteiger partial charge >= 0.3 is 0 Å². The fourth-order valence-corrected chi connectivity index (χ4v) is 5.41. The molecule has 1 aromatic rings. The van der Waals surface area contributed by atoms with Crippen LogP contribution in [-0.2, 0) is 14.4 Å². The zero-order valence-electron chi connectivity index (χ0n) is 15.1. The monoisotopic (exact) mass is 366 g/mol. The van der Waals surface area contributed by atoms with E-state index < -0.39 is 0 Å². The molecule has 0 unspecified atom stereocenters. The van der Waals surface area contributed by atoms with Crippen molar-refractivity contribution in [3.05, 3.63) is 36.4 Å². The molecule has 6 atom stereocenters. The number of hydrogen-bond donors (Lipinski definition) is 1. The Hall–Kier alpha value is -2.63. The van der Waals surface area contributed by atoms with Gasteiger partial charge in [0.1, 0.15) is 5.75 Å². The molecule has 2 bridgehead atoms. The minimum atomic E-state index is -0.237. The van der Waals surface area contributed by atoms with Crippen LogP contribution in [0.2, 0.25) is 0 Å². The number of para-hydroxylation sites is 2. The molecule has 6 nitrogen and oxygen atoms in total. The molecule has 1 aliphatic heterocycles. The summed E-state index contributed by atoms with van der Waals surface area (Å²) in [5, 5.41) is 2.80. The Labute approximate surface area is 157 Å². The number of likely N-dealkylation sites (tertiary alicyclic amines) is 1. The molecule has 1 heterocycles. The number of benzene rings is 1. The number of imide groups is 1. The van der Waals surface area contributed by atoms with E-state index in [4.69, 9.17) is 4.74 Å². The summed E-state index contributed by atoms with van der Waals surface area (Å²) >= 11 is 0. The molecule has 0 aromatic heterocycles. The molecule has 0 spiro atoms. The zero-order chi connectivity index (χ0) is 18.7. The zero-order valence-corrected chi connectivity index (χ0v) is 15.1. The fraction of sp³-hybridized carbons (Fsp3) is 0.476. The predicted molar refractivity (Wildman–Crippen MR) is 97.7 cm³/mol. The molecule has 0 radical (unpaired) electrons. The normalized spacial score (nSPS) is 35.1. The number of methoxy groups -OCH3 is 1. The lowest BCUT2D eigenvalue weighted by molar-refractivity contribution is -0.140. The van der Waals surface area contributed by atoms with Crippen LogP contribution in [-0.4, -0.2) is 36.3 Å². The summed E-state index contributed by atoms with van der Waals surface area (Å²) in [6.45, 7) is 0.139. The highest BCUT2D eigenvalue weighted by Crippen LogP contribution is 2.65. The van der Waals surface area contributed by atoms with E-state index in [9.17, 15) is 14.4 Å². The van der Waals surface area contributed by atoms with Gasteiger partial charge in [0.2, 0.25) is 17.7 Å². The maximum absolute atomic E-state index is 12.9. The van der Waals surface area contributed by atoms with Gasteiger partial charge in [0.25, 0.3) is 0 Å². The Bertz CT molecular complexity index is 827. The number of carbonyl (C=O) groups is 3. The van der Waals surface area contributed by atoms with Crippen LogP contribution in [0.1, 0.15) is 12.8 Å². The SMILES string of the molecule is COc1ccccc1NC(=O)CCN1C(=O)[C@@H]2[C@@H]3C=C[C@H]([C@H]4C[C@H]34)[C@@H]2C1=O. The quantitative estimate of drug-likeness (QED) is 0.639. The van der Waals surface area contributed by atoms with Crippen LogP contribution in [0, 0.1) is 35.5 Å². The van der Waals surface area contributed by atoms with Crippen molar-refractivity contribution in [2.45, 2.75) is 12.8 Å². The molecule has 1 aromatic carbocycles. The lowest BCUT2D eigenvalue weighted by atomic mass is 9.63. The summed E-state index contributed by atoms with van der Waals surface area (Å²) in [4.78, 5) is 39.5. The van der Waals surface area contributed by atoms with Gasteiger partial charge in [0.05, 0.1) is 24.6 Å². The van der Waals surface area contributed by atoms with Crippen molar-refractivity contribution in [1.82, 2.24) is 4.90 Å². The van der Waals surface area contributed by atoms with E-state index in [-0.39, 0.29) is 54.4 Å². The molecule has 27 heavy (non-hydrogen) atoms. The van der Waals surface area contributed by atoms with E-state index in [2.05, 4.69) is 17.5 Å². The van der Waals surface area contributed by atoms with Crippen LogP contribution >= 0.6 is 0 Å². The molecule has 1 saturated heterocycles. The standard InChI is InChI=1S/C21H22N2O4/c1-27-16-5-3-2-4-15(16)22-17(24)8-9-23-20(25)18-11-6-7-12(14-10-13(11)14)19(18)21(23)26/h2-7,11-14,18-19H,8-10H2,1H3,(H,22,24)/t11-,12-,13-,14-,18-,19+/m1/s1. The first kappa shape index (κ1) is 16.5. The van der Waals surface area contributed by atoms with E-state index in [1.54, 1.807) is 19.2 Å². The highest BCUT2D eigenvalue weighted by atomic mass is 16.5. The third kappa shape index (κ3) is 2.42. The molecule has 1 N–H and O–H groups in total. The molecule has 2 saturated carbocycles. The Balaban J connectivity index is 1.25. The topological polar surface area (TPSA) is 75.7 Å². The van der Waals surface area contributed by atoms with Crippen LogP contribution in [0.25, 0.3) is 0 Å². The van der Waals surface area contributed by atoms with E-state index in [1.807, 2.05) is 12.1 Å². The first-order valence-corrected chi connectivity index (χ1v) is 9.56. The lowest BCUT2D eigenvalue weighted by Gasteiger charge is -2.37. The van der Waals surface area contributed by atoms with Gasteiger partial charge in [-0.1, -0.05) is 24.3 Å². The Kier molecular flexibility index (Phi) is 3.64. The number of anilines is 1. The van der Waals surface area contributed by atoms with Gasteiger partial charge < -0.3 is 10.1 Å². The first-order chi connectivity index (χ1) is 13.1. The fourth-order valence-electron chi connectivity index (χ4n) is 5.41. The number of ether oxygens (including phenoxy) is 1. The summed E-state index contributed by atoms with van der Waals surface area (Å²) in [6, 6.07) is 7.16. The number of amides is 3. The second-order valence-corrected chi connectivity index (χ2v) is 7.98. The Morgan fingerprint density at radius 1 is 1.11 bits per heavy atom. The van der Waals surface area contributed by atoms with Gasteiger partial charge in [-0.15, -0.1) is 0 Å². The highest BCUT2D eigenvalue weighted by molar-refractivity contribution is 6.06. The van der Waals surface area contributed by atoms with E-state index in [0.717, 1.165) is 6.42 Å². The van der Waals surface area contributed by atoms with Gasteiger partial charge in [-0.25, -0.2) is 0 Å². The first-order valence-electron chi connectivity index (χ1n) is 9.56. The molecular formula is C21H22N2O4. The van der Waals surface area contributed by atoms with Crippen LogP contribution in [0.15, 0.2) is 36.4 Å². The third-order valence-electron chi connectivity index (χ3n) is 6.70. The van der Waals surface area contributed by atoms with Gasteiger partial charge in [-0.2, -0.15) is 0 Å². The lowest BCUT2D eigenvalue weighted by Crippen LogP contribution is -2.40. The van der Waals surface area contributed by atoms with Gasteiger partial charge in [-0.05, 0) is 42.2 Å². The highest BCUT2D eigenvalue weighted by Gasteiger charge is 2.66. The van der Waals surface area contributed by atoms with Crippen LogP contribution in [0.5, 0.6) is 5.75 Å². The Morgan fingerprint density at radius 3 is 2.37 bits per heavy atom. The van der Waals surface area contributed by atoms with Crippen molar-refractivity contribution in [3.8, 4) is 5.75 Å². The number of nitrogens with one attached hydrogen (secondary N) is 1. The summed E-state index contributed by atoms with van der Waals surface area (Å²) in [5.74, 6) is 1.38. The van der Waals surface area contributed by atoms with Crippen molar-refractivity contribution < 1.29 is 19.1 Å². The minimum Gasteiger partial charge on any atom is -0.495 e. The second kappa shape index (κ2) is 5.94. The number of hydrogen-bond acceptors (Lipinski definition) is 4. The van der Waals surface area contributed by atoms with E-state index in [0.29, 0.717) is 23.3 Å². The molecule has 4 aliphatic carbocycles. The molecule has 6 rings (SSSR count). The Morgan fingerprint density at radius 2 is 1.74 bits per heavy atom. The third-order valence-corrected chi connectivity index (χ3v) is 6.70. The summed E-state index contributed by atoms with van der Waals surface area (Å²) in [7, 11) is 1.54. The molecule has 5 aliphatic rings. The maximum atomic E-state index is 12.9. The minimum absolute atomic E-state index is 0.0835. The number of carbonyl (C=O) groups excluding carboxylic acids is 3. The average Bonchev–Trinajstić information content (AvgIpc) is 3.46. The number of allylic oxidation sites excluding steroid dienone is 2. The van der Waals surface area contributed by atoms with Crippen molar-refractivity contribution >= 4 is 23.4 Å². The van der Waals surface area contributed by atoms with Crippen molar-refractivity contribution in [1.29, 1.82) is 0 Å². The van der Waals surface area contributed by atoms with Crippen LogP contribution in [0.3, 0.4) is 0 Å². The molecule has 3 amide bonds. The largest absolute Gasteiger partial charge is 0.495 e. The van der Waals surface area contributed by atoms with E-state index >= 15 is 0 Å². The molecule has 140 valence electrons. The van der Waals surface area contributed by atoms with Gasteiger partial charge in [-0.3, -0.25) is 19.3 Å². The average molecular weight is 366 g/mol. The van der Waals surface area contributed by atoms with Crippen molar-refractivity contribution in [2.75, 3.05) is 19.0 Å². The summed E-state index contributed by atoms with van der Waals surface area (Å²) in [6.07, 6.45) is 5.55. The summed E-state index contributed by atoms with van der Waals surface area (Å²) < 4.78 is 5.23. The number of rotatable bonds is 5. The van der Waals surface area contributed by atoms with Crippen LogP contribution < -0.4 is 10.1 Å². The number of nitrogens with zero attached hydrogens (tertiary/aromatic N) is 1. The molecular weight excluding hydrogens is 344 g/mol. The molecule has 6 heteroatoms. The maximum Gasteiger partial charge on any atom is 0.233 e.